The molecule has 6 heteroatoms. The molecule has 3 aromatic rings. The summed E-state index contributed by atoms with van der Waals surface area (Å²) in [7, 11) is 1.52. The Labute approximate surface area is 168 Å². The van der Waals surface area contributed by atoms with Crippen LogP contribution in [0.1, 0.15) is 21.5 Å². The number of amides is 1. The Kier molecular flexibility index (Phi) is 6.65. The zero-order valence-corrected chi connectivity index (χ0v) is 16.0. The third-order valence-electron chi connectivity index (χ3n) is 3.91. The third kappa shape index (κ3) is 5.34. The fourth-order valence-electron chi connectivity index (χ4n) is 2.49. The molecule has 0 aliphatic heterocycles. The van der Waals surface area contributed by atoms with Gasteiger partial charge < -0.3 is 9.47 Å². The van der Waals surface area contributed by atoms with Crippen LogP contribution >= 0.6 is 11.6 Å². The molecule has 0 saturated carbocycles. The number of hydrogen-bond donors (Lipinski definition) is 1. The molecule has 1 amide bonds. The molecule has 0 spiro atoms. The van der Waals surface area contributed by atoms with Crippen LogP contribution in [0.5, 0.6) is 11.5 Å². The molecule has 0 heterocycles. The van der Waals surface area contributed by atoms with E-state index in [9.17, 15) is 4.79 Å². The first-order chi connectivity index (χ1) is 13.7. The minimum absolute atomic E-state index is 0.344. The number of nitrogens with one attached hydrogen (secondary N) is 1. The largest absolute Gasteiger partial charge is 0.496 e. The molecule has 5 nitrogen and oxygen atoms in total. The maximum Gasteiger partial charge on any atom is 0.275 e. The number of rotatable bonds is 7. The highest BCUT2D eigenvalue weighted by Crippen LogP contribution is 2.17. The van der Waals surface area contributed by atoms with E-state index in [0.29, 0.717) is 28.7 Å². The first-order valence-electron chi connectivity index (χ1n) is 8.59. The Morgan fingerprint density at radius 1 is 1.07 bits per heavy atom. The first kappa shape index (κ1) is 19.5. The van der Waals surface area contributed by atoms with E-state index in [-0.39, 0.29) is 5.91 Å². The molecular formula is C22H19ClN2O3. The second-order valence-corrected chi connectivity index (χ2v) is 6.32. The van der Waals surface area contributed by atoms with Crippen molar-refractivity contribution in [3.8, 4) is 11.5 Å². The number of halogens is 1. The molecule has 0 saturated heterocycles. The summed E-state index contributed by atoms with van der Waals surface area (Å²) < 4.78 is 11.0. The molecule has 0 radical (unpaired) electrons. The van der Waals surface area contributed by atoms with E-state index in [4.69, 9.17) is 21.1 Å². The lowest BCUT2D eigenvalue weighted by molar-refractivity contribution is 0.0952. The monoisotopic (exact) mass is 394 g/mol. The van der Waals surface area contributed by atoms with Crippen molar-refractivity contribution in [2.24, 2.45) is 5.10 Å². The number of ether oxygens (including phenoxy) is 2. The van der Waals surface area contributed by atoms with Crippen molar-refractivity contribution in [1.29, 1.82) is 0 Å². The Morgan fingerprint density at radius 3 is 2.64 bits per heavy atom. The molecular weight excluding hydrogens is 376 g/mol. The molecule has 0 bridgehead atoms. The van der Waals surface area contributed by atoms with Gasteiger partial charge in [0.05, 0.1) is 18.9 Å². The number of carbonyl (C=O) groups is 1. The van der Waals surface area contributed by atoms with Gasteiger partial charge in [0.15, 0.2) is 0 Å². The highest BCUT2D eigenvalue weighted by Gasteiger charge is 2.09. The predicted molar refractivity (Wildman–Crippen MR) is 110 cm³/mol. The van der Waals surface area contributed by atoms with Crippen molar-refractivity contribution >= 4 is 23.7 Å². The molecule has 3 aromatic carbocycles. The van der Waals surface area contributed by atoms with Crippen LogP contribution in [0.2, 0.25) is 5.02 Å². The molecule has 3 rings (SSSR count). The van der Waals surface area contributed by atoms with Crippen molar-refractivity contribution in [2.75, 3.05) is 7.11 Å². The van der Waals surface area contributed by atoms with E-state index in [0.717, 1.165) is 11.1 Å². The van der Waals surface area contributed by atoms with Gasteiger partial charge in [0.25, 0.3) is 5.91 Å². The van der Waals surface area contributed by atoms with Gasteiger partial charge in [0, 0.05) is 5.02 Å². The van der Waals surface area contributed by atoms with Crippen LogP contribution in [0.4, 0.5) is 0 Å². The fourth-order valence-corrected chi connectivity index (χ4v) is 2.62. The maximum atomic E-state index is 12.2. The second-order valence-electron chi connectivity index (χ2n) is 5.89. The van der Waals surface area contributed by atoms with E-state index in [1.54, 1.807) is 30.5 Å². The summed E-state index contributed by atoms with van der Waals surface area (Å²) in [5.41, 5.74) is 4.74. The third-order valence-corrected chi connectivity index (χ3v) is 4.16. The number of methoxy groups -OCH3 is 1. The average molecular weight is 395 g/mol. The van der Waals surface area contributed by atoms with Crippen molar-refractivity contribution < 1.29 is 14.3 Å². The molecule has 0 aromatic heterocycles. The van der Waals surface area contributed by atoms with Gasteiger partial charge in [0.1, 0.15) is 18.1 Å². The lowest BCUT2D eigenvalue weighted by Crippen LogP contribution is -2.18. The van der Waals surface area contributed by atoms with E-state index in [1.165, 1.54) is 7.11 Å². The highest BCUT2D eigenvalue weighted by molar-refractivity contribution is 6.30. The van der Waals surface area contributed by atoms with Gasteiger partial charge >= 0.3 is 0 Å². The predicted octanol–water partition coefficient (Wildman–Crippen LogP) is 4.69. The van der Waals surface area contributed by atoms with Gasteiger partial charge in [-0.25, -0.2) is 5.43 Å². The Balaban J connectivity index is 1.59. The molecule has 142 valence electrons. The number of hydrazone groups is 1. The van der Waals surface area contributed by atoms with Crippen LogP contribution in [-0.4, -0.2) is 19.2 Å². The summed E-state index contributed by atoms with van der Waals surface area (Å²) >= 11 is 5.88. The lowest BCUT2D eigenvalue weighted by atomic mass is 10.2. The first-order valence-corrected chi connectivity index (χ1v) is 8.97. The summed E-state index contributed by atoms with van der Waals surface area (Å²) in [4.78, 5) is 12.2. The van der Waals surface area contributed by atoms with E-state index >= 15 is 0 Å². The van der Waals surface area contributed by atoms with Gasteiger partial charge in [-0.1, -0.05) is 48.0 Å². The molecule has 0 atom stereocenters. The summed E-state index contributed by atoms with van der Waals surface area (Å²) in [6.45, 7) is 0.433. The van der Waals surface area contributed by atoms with Crippen LogP contribution in [0.15, 0.2) is 77.9 Å². The minimum Gasteiger partial charge on any atom is -0.496 e. The van der Waals surface area contributed by atoms with Crippen LogP contribution in [0.3, 0.4) is 0 Å². The van der Waals surface area contributed by atoms with Crippen molar-refractivity contribution in [2.45, 2.75) is 6.61 Å². The van der Waals surface area contributed by atoms with Gasteiger partial charge in [0.2, 0.25) is 0 Å². The van der Waals surface area contributed by atoms with Crippen LogP contribution in [0, 0.1) is 0 Å². The number of nitrogens with zero attached hydrogens (tertiary/aromatic N) is 1. The molecule has 28 heavy (non-hydrogen) atoms. The highest BCUT2D eigenvalue weighted by atomic mass is 35.5. The summed E-state index contributed by atoms with van der Waals surface area (Å²) in [5.74, 6) is 0.853. The van der Waals surface area contributed by atoms with Crippen LogP contribution < -0.4 is 14.9 Å². The summed E-state index contributed by atoms with van der Waals surface area (Å²) in [5, 5.41) is 4.70. The van der Waals surface area contributed by atoms with E-state index in [2.05, 4.69) is 10.5 Å². The number of benzene rings is 3. The van der Waals surface area contributed by atoms with Crippen molar-refractivity contribution in [1.82, 2.24) is 5.43 Å². The number of carbonyl (C=O) groups excluding carboxylic acids is 1. The van der Waals surface area contributed by atoms with Gasteiger partial charge in [-0.2, -0.15) is 5.10 Å². The minimum atomic E-state index is -0.344. The topological polar surface area (TPSA) is 59.9 Å². The Hall–Kier alpha value is -3.31. The lowest BCUT2D eigenvalue weighted by Gasteiger charge is -2.07. The van der Waals surface area contributed by atoms with Crippen molar-refractivity contribution in [3.05, 3.63) is 94.5 Å². The number of hydrogen-bond acceptors (Lipinski definition) is 4. The zero-order valence-electron chi connectivity index (χ0n) is 15.3. The van der Waals surface area contributed by atoms with E-state index < -0.39 is 0 Å². The standard InChI is InChI=1S/C22H19ClN2O3/c1-27-21-8-3-2-7-20(21)22(26)25-24-14-17-5-4-6-19(13-17)28-15-16-9-11-18(23)12-10-16/h2-14H,15H2,1H3,(H,25,26)/b24-14-. The SMILES string of the molecule is COc1ccccc1C(=O)N/N=C\c1cccc(OCc2ccc(Cl)cc2)c1. The van der Waals surface area contributed by atoms with E-state index in [1.807, 2.05) is 48.5 Å². The van der Waals surface area contributed by atoms with Crippen LogP contribution in [0.25, 0.3) is 0 Å². The second kappa shape index (κ2) is 9.58. The van der Waals surface area contributed by atoms with Gasteiger partial charge in [-0.05, 0) is 47.5 Å². The average Bonchev–Trinajstić information content (AvgIpc) is 2.73. The summed E-state index contributed by atoms with van der Waals surface area (Å²) in [6, 6.07) is 21.9. The molecule has 1 N–H and O–H groups in total. The summed E-state index contributed by atoms with van der Waals surface area (Å²) in [6.07, 6.45) is 1.56. The fraction of sp³-hybridized carbons (Fsp3) is 0.0909. The normalized spacial score (nSPS) is 10.6. The Bertz CT molecular complexity index is 972. The number of para-hydroxylation sites is 1. The molecule has 0 aliphatic carbocycles. The quantitative estimate of drug-likeness (QED) is 0.467. The maximum absolute atomic E-state index is 12.2. The Morgan fingerprint density at radius 2 is 1.86 bits per heavy atom. The van der Waals surface area contributed by atoms with Gasteiger partial charge in [-0.3, -0.25) is 4.79 Å². The van der Waals surface area contributed by atoms with Gasteiger partial charge in [-0.15, -0.1) is 0 Å². The van der Waals surface area contributed by atoms with Crippen molar-refractivity contribution in [3.63, 3.8) is 0 Å². The molecule has 0 unspecified atom stereocenters. The van der Waals surface area contributed by atoms with Crippen LogP contribution in [-0.2, 0) is 6.61 Å². The molecule has 0 fully saturated rings. The molecule has 0 aliphatic rings. The smallest absolute Gasteiger partial charge is 0.275 e. The zero-order chi connectivity index (χ0) is 19.8.